The van der Waals surface area contributed by atoms with Gasteiger partial charge in [-0.15, -0.1) is 0 Å². The summed E-state index contributed by atoms with van der Waals surface area (Å²) < 4.78 is 10.5. The Bertz CT molecular complexity index is 854. The molecule has 0 amide bonds. The number of hydrogen-bond acceptors (Lipinski definition) is 6. The van der Waals surface area contributed by atoms with Crippen molar-refractivity contribution in [2.45, 2.75) is 6.42 Å². The number of nitrogens with zero attached hydrogens (tertiary/aromatic N) is 2. The molecule has 0 saturated heterocycles. The maximum Gasteiger partial charge on any atom is 0.224 e. The molecule has 0 saturated carbocycles. The maximum absolute atomic E-state index is 5.25. The normalized spacial score (nSPS) is 10.2. The fourth-order valence-electron chi connectivity index (χ4n) is 2.51. The highest BCUT2D eigenvalue weighted by Gasteiger charge is 2.02. The van der Waals surface area contributed by atoms with E-state index in [4.69, 9.17) is 9.47 Å². The highest BCUT2D eigenvalue weighted by Crippen LogP contribution is 2.20. The summed E-state index contributed by atoms with van der Waals surface area (Å²) in [7, 11) is 3.32. The zero-order chi connectivity index (χ0) is 18.2. The van der Waals surface area contributed by atoms with Gasteiger partial charge in [-0.2, -0.15) is 4.98 Å². The lowest BCUT2D eigenvalue weighted by atomic mass is 10.1. The Balaban J connectivity index is 1.58. The van der Waals surface area contributed by atoms with Gasteiger partial charge in [-0.25, -0.2) is 4.98 Å². The third kappa shape index (κ3) is 4.86. The number of aromatic nitrogens is 2. The Labute approximate surface area is 153 Å². The Hall–Kier alpha value is -3.28. The molecule has 0 fully saturated rings. The third-order valence-electron chi connectivity index (χ3n) is 3.83. The minimum Gasteiger partial charge on any atom is -0.497 e. The first-order valence-electron chi connectivity index (χ1n) is 8.38. The second-order valence-corrected chi connectivity index (χ2v) is 5.65. The maximum atomic E-state index is 5.25. The van der Waals surface area contributed by atoms with Crippen molar-refractivity contribution in [1.82, 2.24) is 9.97 Å². The highest BCUT2D eigenvalue weighted by atomic mass is 16.5. The summed E-state index contributed by atoms with van der Waals surface area (Å²) in [6, 6.07) is 17.6. The number of rotatable bonds is 8. The van der Waals surface area contributed by atoms with Gasteiger partial charge in [-0.1, -0.05) is 18.2 Å². The van der Waals surface area contributed by atoms with E-state index in [0.717, 1.165) is 36.0 Å². The van der Waals surface area contributed by atoms with E-state index in [2.05, 4.69) is 26.7 Å². The molecule has 6 heteroatoms. The van der Waals surface area contributed by atoms with Crippen LogP contribution in [-0.4, -0.2) is 30.7 Å². The van der Waals surface area contributed by atoms with E-state index in [-0.39, 0.29) is 0 Å². The SMILES string of the molecule is COc1cccc(CCNc2nccc(Nc3cccc(OC)c3)n2)c1. The molecule has 26 heavy (non-hydrogen) atoms. The van der Waals surface area contributed by atoms with Gasteiger partial charge < -0.3 is 20.1 Å². The third-order valence-corrected chi connectivity index (χ3v) is 3.83. The van der Waals surface area contributed by atoms with Crippen LogP contribution in [0.15, 0.2) is 60.8 Å². The summed E-state index contributed by atoms with van der Waals surface area (Å²) >= 11 is 0. The van der Waals surface area contributed by atoms with Crippen LogP contribution >= 0.6 is 0 Å². The number of nitrogens with one attached hydrogen (secondary N) is 2. The van der Waals surface area contributed by atoms with E-state index in [9.17, 15) is 0 Å². The lowest BCUT2D eigenvalue weighted by Crippen LogP contribution is -2.08. The summed E-state index contributed by atoms with van der Waals surface area (Å²) in [4.78, 5) is 8.76. The molecule has 0 atom stereocenters. The molecular formula is C20H22N4O2. The van der Waals surface area contributed by atoms with Crippen LogP contribution < -0.4 is 20.1 Å². The molecule has 134 valence electrons. The molecular weight excluding hydrogens is 328 g/mol. The monoisotopic (exact) mass is 350 g/mol. The number of anilines is 3. The standard InChI is InChI=1S/C20H22N4O2/c1-25-17-7-3-5-15(13-17)9-11-21-20-22-12-10-19(24-20)23-16-6-4-8-18(14-16)26-2/h3-8,10,12-14H,9,11H2,1-2H3,(H2,21,22,23,24). The molecule has 0 aliphatic heterocycles. The van der Waals surface area contributed by atoms with Crippen LogP contribution in [0.2, 0.25) is 0 Å². The van der Waals surface area contributed by atoms with Gasteiger partial charge in [0, 0.05) is 24.5 Å². The van der Waals surface area contributed by atoms with E-state index in [1.165, 1.54) is 5.56 Å². The fourth-order valence-corrected chi connectivity index (χ4v) is 2.51. The van der Waals surface area contributed by atoms with Crippen LogP contribution in [-0.2, 0) is 6.42 Å². The molecule has 0 radical (unpaired) electrons. The van der Waals surface area contributed by atoms with E-state index in [1.807, 2.05) is 48.5 Å². The summed E-state index contributed by atoms with van der Waals surface area (Å²) in [5, 5.41) is 6.51. The van der Waals surface area contributed by atoms with Gasteiger partial charge in [0.25, 0.3) is 0 Å². The first kappa shape index (κ1) is 17.5. The Morgan fingerprint density at radius 1 is 0.923 bits per heavy atom. The van der Waals surface area contributed by atoms with Crippen molar-refractivity contribution in [3.05, 3.63) is 66.4 Å². The van der Waals surface area contributed by atoms with Crippen molar-refractivity contribution in [3.8, 4) is 11.5 Å². The predicted octanol–water partition coefficient (Wildman–Crippen LogP) is 3.89. The van der Waals surface area contributed by atoms with Crippen LogP contribution in [0.3, 0.4) is 0 Å². The van der Waals surface area contributed by atoms with Crippen molar-refractivity contribution in [3.63, 3.8) is 0 Å². The first-order chi connectivity index (χ1) is 12.8. The van der Waals surface area contributed by atoms with Crippen LogP contribution in [0.1, 0.15) is 5.56 Å². The number of ether oxygens (including phenoxy) is 2. The van der Waals surface area contributed by atoms with E-state index in [0.29, 0.717) is 5.95 Å². The minimum atomic E-state index is 0.584. The van der Waals surface area contributed by atoms with Crippen molar-refractivity contribution in [2.24, 2.45) is 0 Å². The molecule has 1 aromatic heterocycles. The van der Waals surface area contributed by atoms with Crippen molar-refractivity contribution >= 4 is 17.5 Å². The van der Waals surface area contributed by atoms with Crippen molar-refractivity contribution in [1.29, 1.82) is 0 Å². The summed E-state index contributed by atoms with van der Waals surface area (Å²) in [5.41, 5.74) is 2.10. The highest BCUT2D eigenvalue weighted by molar-refractivity contribution is 5.58. The second-order valence-electron chi connectivity index (χ2n) is 5.65. The molecule has 6 nitrogen and oxygen atoms in total. The smallest absolute Gasteiger partial charge is 0.224 e. The molecule has 0 aliphatic rings. The van der Waals surface area contributed by atoms with E-state index in [1.54, 1.807) is 20.4 Å². The molecule has 3 rings (SSSR count). The second kappa shape index (κ2) is 8.71. The van der Waals surface area contributed by atoms with Gasteiger partial charge >= 0.3 is 0 Å². The fraction of sp³-hybridized carbons (Fsp3) is 0.200. The number of hydrogen-bond donors (Lipinski definition) is 2. The van der Waals surface area contributed by atoms with Crippen molar-refractivity contribution < 1.29 is 9.47 Å². The summed E-state index contributed by atoms with van der Waals surface area (Å²) in [6.07, 6.45) is 2.58. The molecule has 0 unspecified atom stereocenters. The lowest BCUT2D eigenvalue weighted by Gasteiger charge is -2.09. The van der Waals surface area contributed by atoms with Crippen LogP contribution in [0.5, 0.6) is 11.5 Å². The van der Waals surface area contributed by atoms with Crippen LogP contribution in [0.25, 0.3) is 0 Å². The Kier molecular flexibility index (Phi) is 5.88. The Morgan fingerprint density at radius 2 is 1.69 bits per heavy atom. The van der Waals surface area contributed by atoms with Crippen LogP contribution in [0, 0.1) is 0 Å². The number of benzene rings is 2. The van der Waals surface area contributed by atoms with Crippen molar-refractivity contribution in [2.75, 3.05) is 31.4 Å². The molecule has 1 heterocycles. The van der Waals surface area contributed by atoms with E-state index >= 15 is 0 Å². The quantitative estimate of drug-likeness (QED) is 0.642. The molecule has 3 aromatic rings. The average molecular weight is 350 g/mol. The minimum absolute atomic E-state index is 0.584. The van der Waals surface area contributed by atoms with Gasteiger partial charge in [0.15, 0.2) is 0 Å². The van der Waals surface area contributed by atoms with Gasteiger partial charge in [-0.3, -0.25) is 0 Å². The molecule has 2 N–H and O–H groups in total. The zero-order valence-electron chi connectivity index (χ0n) is 14.9. The first-order valence-corrected chi connectivity index (χ1v) is 8.38. The average Bonchev–Trinajstić information content (AvgIpc) is 2.68. The number of methoxy groups -OCH3 is 2. The van der Waals surface area contributed by atoms with Gasteiger partial charge in [0.2, 0.25) is 5.95 Å². The van der Waals surface area contributed by atoms with Gasteiger partial charge in [-0.05, 0) is 42.3 Å². The predicted molar refractivity (Wildman–Crippen MR) is 103 cm³/mol. The summed E-state index contributed by atoms with van der Waals surface area (Å²) in [5.74, 6) is 2.96. The molecule has 0 bridgehead atoms. The molecule has 0 aliphatic carbocycles. The van der Waals surface area contributed by atoms with E-state index < -0.39 is 0 Å². The largest absolute Gasteiger partial charge is 0.497 e. The summed E-state index contributed by atoms with van der Waals surface area (Å²) in [6.45, 7) is 0.732. The van der Waals surface area contributed by atoms with Gasteiger partial charge in [0.05, 0.1) is 14.2 Å². The molecule has 2 aromatic carbocycles. The lowest BCUT2D eigenvalue weighted by molar-refractivity contribution is 0.414. The van der Waals surface area contributed by atoms with Gasteiger partial charge in [0.1, 0.15) is 17.3 Å². The van der Waals surface area contributed by atoms with Crippen LogP contribution in [0.4, 0.5) is 17.5 Å². The Morgan fingerprint density at radius 3 is 2.50 bits per heavy atom. The zero-order valence-corrected chi connectivity index (χ0v) is 14.9. The topological polar surface area (TPSA) is 68.3 Å². The molecule has 0 spiro atoms.